The molecule has 1 saturated heterocycles. The van der Waals surface area contributed by atoms with Crippen LogP contribution in [0.3, 0.4) is 0 Å². The van der Waals surface area contributed by atoms with E-state index < -0.39 is 23.0 Å². The number of hydrogen-bond acceptors (Lipinski definition) is 5. The SMILES string of the molecule is CC(C)CC(=O)COC(=O)C1CC(C)(C)N(O)C1(C)C. The summed E-state index contributed by atoms with van der Waals surface area (Å²) in [5.74, 6) is -0.647. The van der Waals surface area contributed by atoms with Crippen LogP contribution in [0.15, 0.2) is 0 Å². The zero-order chi connectivity index (χ0) is 15.7. The smallest absolute Gasteiger partial charge is 0.311 e. The third kappa shape index (κ3) is 3.58. The Balaban J connectivity index is 2.63. The lowest BCUT2D eigenvalue weighted by Crippen LogP contribution is -2.48. The fourth-order valence-electron chi connectivity index (χ4n) is 2.90. The van der Waals surface area contributed by atoms with Crippen molar-refractivity contribution in [3.8, 4) is 0 Å². The van der Waals surface area contributed by atoms with Gasteiger partial charge in [0.25, 0.3) is 0 Å². The quantitative estimate of drug-likeness (QED) is 0.786. The third-order valence-corrected chi connectivity index (χ3v) is 3.97. The van der Waals surface area contributed by atoms with Crippen LogP contribution in [0.25, 0.3) is 0 Å². The Labute approximate surface area is 121 Å². The van der Waals surface area contributed by atoms with Crippen molar-refractivity contribution in [2.45, 2.75) is 65.5 Å². The highest BCUT2D eigenvalue weighted by atomic mass is 16.5. The number of rotatable bonds is 5. The van der Waals surface area contributed by atoms with Crippen LogP contribution in [0.1, 0.15) is 54.4 Å². The Morgan fingerprint density at radius 2 is 1.85 bits per heavy atom. The summed E-state index contributed by atoms with van der Waals surface area (Å²) in [6, 6.07) is 0. The van der Waals surface area contributed by atoms with Gasteiger partial charge in [-0.15, -0.1) is 0 Å². The molecule has 1 unspecified atom stereocenters. The molecule has 0 spiro atoms. The number of ketones is 1. The van der Waals surface area contributed by atoms with E-state index in [2.05, 4.69) is 0 Å². The van der Waals surface area contributed by atoms with E-state index in [1.54, 1.807) is 0 Å². The molecular weight excluding hydrogens is 258 g/mol. The molecule has 20 heavy (non-hydrogen) atoms. The van der Waals surface area contributed by atoms with Crippen LogP contribution in [-0.2, 0) is 14.3 Å². The first kappa shape index (κ1) is 17.1. The van der Waals surface area contributed by atoms with Crippen molar-refractivity contribution in [2.75, 3.05) is 6.61 Å². The number of hydroxylamine groups is 2. The molecule has 0 aliphatic carbocycles. The fraction of sp³-hybridized carbons (Fsp3) is 0.867. The van der Waals surface area contributed by atoms with Crippen molar-refractivity contribution in [1.29, 1.82) is 0 Å². The van der Waals surface area contributed by atoms with Crippen LogP contribution in [0.5, 0.6) is 0 Å². The van der Waals surface area contributed by atoms with Gasteiger partial charge in [0, 0.05) is 12.0 Å². The highest BCUT2D eigenvalue weighted by Crippen LogP contribution is 2.43. The molecule has 0 bridgehead atoms. The normalized spacial score (nSPS) is 24.9. The van der Waals surface area contributed by atoms with E-state index in [-0.39, 0.29) is 18.3 Å². The summed E-state index contributed by atoms with van der Waals surface area (Å²) in [7, 11) is 0. The molecule has 1 atom stereocenters. The van der Waals surface area contributed by atoms with Crippen molar-refractivity contribution in [3.63, 3.8) is 0 Å². The molecule has 5 nitrogen and oxygen atoms in total. The molecule has 0 saturated carbocycles. The average Bonchev–Trinajstić information content (AvgIpc) is 2.46. The maximum Gasteiger partial charge on any atom is 0.311 e. The summed E-state index contributed by atoms with van der Waals surface area (Å²) in [6.45, 7) is 11.1. The molecule has 1 N–H and O–H groups in total. The fourth-order valence-corrected chi connectivity index (χ4v) is 2.90. The van der Waals surface area contributed by atoms with Gasteiger partial charge in [-0.05, 0) is 40.0 Å². The minimum absolute atomic E-state index is 0.0655. The van der Waals surface area contributed by atoms with Gasteiger partial charge in [0.1, 0.15) is 6.61 Å². The van der Waals surface area contributed by atoms with E-state index in [0.29, 0.717) is 12.8 Å². The molecule has 0 amide bonds. The van der Waals surface area contributed by atoms with Gasteiger partial charge < -0.3 is 9.94 Å². The molecule has 0 aromatic carbocycles. The van der Waals surface area contributed by atoms with Crippen LogP contribution in [0, 0.1) is 11.8 Å². The minimum atomic E-state index is -0.693. The first-order valence-corrected chi connectivity index (χ1v) is 7.16. The molecule has 1 fully saturated rings. The maximum atomic E-state index is 12.2. The number of ether oxygens (including phenoxy) is 1. The molecule has 116 valence electrons. The Kier molecular flexibility index (Phi) is 4.98. The molecular formula is C15H27NO4. The summed E-state index contributed by atoms with van der Waals surface area (Å²) >= 11 is 0. The van der Waals surface area contributed by atoms with Crippen LogP contribution in [0.2, 0.25) is 0 Å². The average molecular weight is 285 g/mol. The van der Waals surface area contributed by atoms with Gasteiger partial charge in [-0.3, -0.25) is 9.59 Å². The van der Waals surface area contributed by atoms with Crippen molar-refractivity contribution >= 4 is 11.8 Å². The van der Waals surface area contributed by atoms with Gasteiger partial charge >= 0.3 is 5.97 Å². The minimum Gasteiger partial charge on any atom is -0.457 e. The van der Waals surface area contributed by atoms with E-state index >= 15 is 0 Å². The van der Waals surface area contributed by atoms with E-state index in [1.807, 2.05) is 41.5 Å². The number of esters is 1. The first-order chi connectivity index (χ1) is 8.98. The molecule has 1 heterocycles. The van der Waals surface area contributed by atoms with Gasteiger partial charge in [-0.1, -0.05) is 13.8 Å². The monoisotopic (exact) mass is 285 g/mol. The van der Waals surface area contributed by atoms with E-state index in [9.17, 15) is 14.8 Å². The molecule has 0 aromatic rings. The van der Waals surface area contributed by atoms with E-state index in [1.165, 1.54) is 5.06 Å². The molecule has 0 aromatic heterocycles. The maximum absolute atomic E-state index is 12.2. The number of Topliss-reactive ketones (excluding diaryl/α,β-unsaturated/α-hetero) is 1. The summed E-state index contributed by atoms with van der Waals surface area (Å²) in [4.78, 5) is 23.8. The second-order valence-electron chi connectivity index (χ2n) is 7.28. The van der Waals surface area contributed by atoms with Gasteiger partial charge in [-0.2, -0.15) is 5.06 Å². The third-order valence-electron chi connectivity index (χ3n) is 3.97. The van der Waals surface area contributed by atoms with E-state index in [0.717, 1.165) is 0 Å². The molecule has 1 rings (SSSR count). The summed E-state index contributed by atoms with van der Waals surface area (Å²) in [5.41, 5.74) is -1.17. The molecule has 5 heteroatoms. The van der Waals surface area contributed by atoms with Crippen molar-refractivity contribution < 1.29 is 19.5 Å². The molecule has 1 aliphatic heterocycles. The standard InChI is InChI=1S/C15H27NO4/c1-10(2)7-11(17)9-20-13(18)12-8-14(3,4)16(19)15(12,5)6/h10,12,19H,7-9H2,1-6H3. The van der Waals surface area contributed by atoms with Crippen molar-refractivity contribution in [1.82, 2.24) is 5.06 Å². The van der Waals surface area contributed by atoms with Crippen LogP contribution in [-0.4, -0.2) is 39.7 Å². The number of carbonyl (C=O) groups excluding carboxylic acids is 2. The molecule has 0 radical (unpaired) electrons. The van der Waals surface area contributed by atoms with Crippen LogP contribution >= 0.6 is 0 Å². The Morgan fingerprint density at radius 3 is 2.25 bits per heavy atom. The topological polar surface area (TPSA) is 66.8 Å². The summed E-state index contributed by atoms with van der Waals surface area (Å²) in [6.07, 6.45) is 0.923. The Bertz CT molecular complexity index is 387. The lowest BCUT2D eigenvalue weighted by atomic mass is 9.87. The number of carbonyl (C=O) groups is 2. The molecule has 1 aliphatic rings. The predicted octanol–water partition coefficient (Wildman–Crippen LogP) is 2.41. The van der Waals surface area contributed by atoms with Gasteiger partial charge in [-0.25, -0.2) is 0 Å². The lowest BCUT2D eigenvalue weighted by Gasteiger charge is -2.35. The second-order valence-corrected chi connectivity index (χ2v) is 7.28. The zero-order valence-corrected chi connectivity index (χ0v) is 13.4. The van der Waals surface area contributed by atoms with E-state index in [4.69, 9.17) is 4.74 Å². The number of hydrogen-bond donors (Lipinski definition) is 1. The largest absolute Gasteiger partial charge is 0.457 e. The Hall–Kier alpha value is -0.940. The Morgan fingerprint density at radius 1 is 1.30 bits per heavy atom. The highest BCUT2D eigenvalue weighted by molar-refractivity contribution is 5.83. The van der Waals surface area contributed by atoms with Crippen molar-refractivity contribution in [3.05, 3.63) is 0 Å². The first-order valence-electron chi connectivity index (χ1n) is 7.16. The lowest BCUT2D eigenvalue weighted by molar-refractivity contribution is -0.200. The summed E-state index contributed by atoms with van der Waals surface area (Å²) < 4.78 is 5.14. The predicted molar refractivity (Wildman–Crippen MR) is 75.3 cm³/mol. The number of nitrogens with zero attached hydrogens (tertiary/aromatic N) is 1. The van der Waals surface area contributed by atoms with Crippen LogP contribution < -0.4 is 0 Å². The van der Waals surface area contributed by atoms with Crippen molar-refractivity contribution in [2.24, 2.45) is 11.8 Å². The zero-order valence-electron chi connectivity index (χ0n) is 13.4. The van der Waals surface area contributed by atoms with Gasteiger partial charge in [0.2, 0.25) is 0 Å². The van der Waals surface area contributed by atoms with Gasteiger partial charge in [0.05, 0.1) is 11.5 Å². The van der Waals surface area contributed by atoms with Crippen LogP contribution in [0.4, 0.5) is 0 Å². The second kappa shape index (κ2) is 5.82. The summed E-state index contributed by atoms with van der Waals surface area (Å²) in [5, 5.41) is 11.4. The highest BCUT2D eigenvalue weighted by Gasteiger charge is 2.54. The van der Waals surface area contributed by atoms with Gasteiger partial charge in [0.15, 0.2) is 5.78 Å².